The number of aromatic amines is 1. The number of aromatic nitrogens is 4. The Morgan fingerprint density at radius 1 is 1.11 bits per heavy atom. The Labute approximate surface area is 206 Å². The Balaban J connectivity index is 1.41. The molecule has 2 fully saturated rings. The van der Waals surface area contributed by atoms with Crippen molar-refractivity contribution >= 4 is 27.8 Å². The van der Waals surface area contributed by atoms with Gasteiger partial charge in [0.05, 0.1) is 40.4 Å². The molecule has 1 aliphatic heterocycles. The van der Waals surface area contributed by atoms with Crippen molar-refractivity contribution in [3.05, 3.63) is 42.5 Å². The molecule has 0 bridgehead atoms. The molecule has 1 unspecified atom stereocenters. The lowest BCUT2D eigenvalue weighted by Gasteiger charge is -2.23. The second kappa shape index (κ2) is 9.01. The van der Waals surface area contributed by atoms with Crippen molar-refractivity contribution in [3.8, 4) is 17.2 Å². The molecular formula is C28H33N7. The molecule has 1 saturated carbocycles. The first kappa shape index (κ1) is 22.1. The molecule has 180 valence electrons. The normalized spacial score (nSPS) is 19.3. The number of fused-ring (bicyclic) bond motifs is 2. The van der Waals surface area contributed by atoms with Crippen LogP contribution >= 0.6 is 0 Å². The summed E-state index contributed by atoms with van der Waals surface area (Å²) in [6, 6.07) is 11.8. The van der Waals surface area contributed by atoms with Crippen molar-refractivity contribution in [1.82, 2.24) is 24.4 Å². The van der Waals surface area contributed by atoms with Crippen molar-refractivity contribution < 1.29 is 0 Å². The molecule has 0 amide bonds. The summed E-state index contributed by atoms with van der Waals surface area (Å²) in [5.41, 5.74) is 7.75. The highest BCUT2D eigenvalue weighted by atomic mass is 15.2. The van der Waals surface area contributed by atoms with Crippen LogP contribution in [-0.4, -0.2) is 58.1 Å². The highest BCUT2D eigenvalue weighted by molar-refractivity contribution is 6.00. The number of nitrogens with one attached hydrogen (secondary N) is 1. The maximum atomic E-state index is 10.1. The lowest BCUT2D eigenvalue weighted by Crippen LogP contribution is -2.26. The van der Waals surface area contributed by atoms with Crippen LogP contribution in [0.4, 0.5) is 5.69 Å². The molecule has 1 N–H and O–H groups in total. The molecular weight excluding hydrogens is 434 g/mol. The fourth-order valence-corrected chi connectivity index (χ4v) is 6.24. The molecule has 6 rings (SSSR count). The predicted octanol–water partition coefficient (Wildman–Crippen LogP) is 5.34. The Morgan fingerprint density at radius 2 is 1.97 bits per heavy atom. The summed E-state index contributed by atoms with van der Waals surface area (Å²) in [4.78, 5) is 17.3. The molecule has 35 heavy (non-hydrogen) atoms. The van der Waals surface area contributed by atoms with E-state index >= 15 is 0 Å². The monoisotopic (exact) mass is 467 g/mol. The van der Waals surface area contributed by atoms with E-state index in [1.807, 2.05) is 6.33 Å². The third kappa shape index (κ3) is 3.96. The van der Waals surface area contributed by atoms with Gasteiger partial charge in [0.2, 0.25) is 0 Å². The molecule has 1 atom stereocenters. The van der Waals surface area contributed by atoms with Crippen molar-refractivity contribution in [2.45, 2.75) is 44.6 Å². The first-order chi connectivity index (χ1) is 17.1. The minimum atomic E-state index is 0.560. The lowest BCUT2D eigenvalue weighted by molar-refractivity contribution is 0.340. The number of benzene rings is 2. The van der Waals surface area contributed by atoms with Crippen molar-refractivity contribution in [3.63, 3.8) is 0 Å². The van der Waals surface area contributed by atoms with E-state index in [1.54, 1.807) is 6.33 Å². The Kier molecular flexibility index (Phi) is 5.69. The van der Waals surface area contributed by atoms with E-state index in [4.69, 9.17) is 4.98 Å². The molecule has 1 aliphatic carbocycles. The number of H-pyrrole nitrogens is 1. The van der Waals surface area contributed by atoms with Gasteiger partial charge in [0, 0.05) is 31.2 Å². The van der Waals surface area contributed by atoms with Gasteiger partial charge in [-0.15, -0.1) is 0 Å². The molecule has 2 aliphatic rings. The van der Waals surface area contributed by atoms with Gasteiger partial charge in [-0.3, -0.25) is 0 Å². The third-order valence-electron chi connectivity index (χ3n) is 7.90. The number of nitriles is 1. The van der Waals surface area contributed by atoms with E-state index in [9.17, 15) is 5.26 Å². The van der Waals surface area contributed by atoms with E-state index in [2.05, 4.69) is 68.8 Å². The molecule has 0 spiro atoms. The minimum absolute atomic E-state index is 0.560. The second-order valence-electron chi connectivity index (χ2n) is 10.6. The minimum Gasteiger partial charge on any atom is -0.370 e. The second-order valence-corrected chi connectivity index (χ2v) is 10.6. The van der Waals surface area contributed by atoms with Crippen LogP contribution in [0.5, 0.6) is 0 Å². The molecule has 7 nitrogen and oxygen atoms in total. The summed E-state index contributed by atoms with van der Waals surface area (Å²) in [6.45, 7) is 3.01. The fraction of sp³-hybridized carbons (Fsp3) is 0.464. The third-order valence-corrected chi connectivity index (χ3v) is 7.90. The summed E-state index contributed by atoms with van der Waals surface area (Å²) < 4.78 is 2.38. The van der Waals surface area contributed by atoms with Crippen molar-refractivity contribution in [2.24, 2.45) is 5.92 Å². The zero-order chi connectivity index (χ0) is 23.9. The number of nitrogens with zero attached hydrogens (tertiary/aromatic N) is 6. The topological polar surface area (TPSA) is 76.8 Å². The largest absolute Gasteiger partial charge is 0.370 e. The number of rotatable bonds is 5. The van der Waals surface area contributed by atoms with Crippen LogP contribution in [0.3, 0.4) is 0 Å². The molecule has 1 saturated heterocycles. The van der Waals surface area contributed by atoms with Gasteiger partial charge in [-0.25, -0.2) is 9.97 Å². The average molecular weight is 468 g/mol. The van der Waals surface area contributed by atoms with E-state index in [0.29, 0.717) is 17.5 Å². The zero-order valence-corrected chi connectivity index (χ0v) is 20.7. The van der Waals surface area contributed by atoms with Gasteiger partial charge in [-0.1, -0.05) is 25.3 Å². The summed E-state index contributed by atoms with van der Waals surface area (Å²) in [6.07, 6.45) is 11.3. The first-order valence-corrected chi connectivity index (χ1v) is 12.9. The van der Waals surface area contributed by atoms with E-state index in [0.717, 1.165) is 59.4 Å². The first-order valence-electron chi connectivity index (χ1n) is 12.9. The van der Waals surface area contributed by atoms with Crippen LogP contribution in [0.2, 0.25) is 0 Å². The number of anilines is 1. The SMILES string of the molecule is CN(C)CC1CCN(c2cc(-c3ccc4c(c3)ncn4C3CCCCC3)c3nc[nH]c3c2C#N)C1. The maximum absolute atomic E-state index is 10.1. The number of imidazole rings is 2. The Bertz CT molecular complexity index is 1400. The van der Waals surface area contributed by atoms with Gasteiger partial charge in [-0.2, -0.15) is 5.26 Å². The summed E-state index contributed by atoms with van der Waals surface area (Å²) in [5.74, 6) is 0.609. The average Bonchev–Trinajstić information content (AvgIpc) is 3.62. The Morgan fingerprint density at radius 3 is 2.77 bits per heavy atom. The fourth-order valence-electron chi connectivity index (χ4n) is 6.24. The van der Waals surface area contributed by atoms with Gasteiger partial charge in [0.15, 0.2) is 0 Å². The van der Waals surface area contributed by atoms with Gasteiger partial charge in [0.25, 0.3) is 0 Å². The number of hydrogen-bond acceptors (Lipinski definition) is 5. The lowest BCUT2D eigenvalue weighted by atomic mass is 9.95. The molecule has 4 aromatic rings. The summed E-state index contributed by atoms with van der Waals surface area (Å²) in [7, 11) is 4.26. The summed E-state index contributed by atoms with van der Waals surface area (Å²) >= 11 is 0. The zero-order valence-electron chi connectivity index (χ0n) is 20.7. The standard InChI is InChI=1S/C28H33N7/c1-33(2)15-19-10-11-34(16-19)26-13-22(27-28(23(26)14-29)31-17-30-27)20-8-9-25-24(12-20)32-18-35(25)21-6-4-3-5-7-21/h8-9,12-13,17-19,21H,3-7,10-11,15-16H2,1-2H3,(H,30,31). The predicted molar refractivity (Wildman–Crippen MR) is 141 cm³/mol. The smallest absolute Gasteiger partial charge is 0.104 e. The van der Waals surface area contributed by atoms with Crippen molar-refractivity contribution in [1.29, 1.82) is 5.26 Å². The molecule has 3 heterocycles. The quantitative estimate of drug-likeness (QED) is 0.428. The van der Waals surface area contributed by atoms with E-state index < -0.39 is 0 Å². The van der Waals surface area contributed by atoms with Crippen LogP contribution in [0, 0.1) is 17.2 Å². The maximum Gasteiger partial charge on any atom is 0.104 e. The van der Waals surface area contributed by atoms with E-state index in [-0.39, 0.29) is 0 Å². The van der Waals surface area contributed by atoms with Gasteiger partial charge >= 0.3 is 0 Å². The van der Waals surface area contributed by atoms with Crippen molar-refractivity contribution in [2.75, 3.05) is 38.6 Å². The van der Waals surface area contributed by atoms with Crippen LogP contribution in [0.25, 0.3) is 33.2 Å². The molecule has 7 heteroatoms. The van der Waals surface area contributed by atoms with Gasteiger partial charge in [-0.05, 0) is 63.0 Å². The molecule has 2 aromatic heterocycles. The van der Waals surface area contributed by atoms with Gasteiger partial charge < -0.3 is 19.4 Å². The molecule has 2 aromatic carbocycles. The summed E-state index contributed by atoms with van der Waals surface area (Å²) in [5, 5.41) is 10.1. The highest BCUT2D eigenvalue weighted by Gasteiger charge is 2.27. The molecule has 0 radical (unpaired) electrons. The van der Waals surface area contributed by atoms with Crippen LogP contribution in [0.15, 0.2) is 36.9 Å². The van der Waals surface area contributed by atoms with Crippen LogP contribution < -0.4 is 4.90 Å². The number of hydrogen-bond donors (Lipinski definition) is 1. The van der Waals surface area contributed by atoms with Crippen LogP contribution in [-0.2, 0) is 0 Å². The highest BCUT2D eigenvalue weighted by Crippen LogP contribution is 2.39. The van der Waals surface area contributed by atoms with Crippen LogP contribution in [0.1, 0.15) is 50.1 Å². The van der Waals surface area contributed by atoms with Gasteiger partial charge in [0.1, 0.15) is 11.6 Å². The van der Waals surface area contributed by atoms with E-state index in [1.165, 1.54) is 37.6 Å². The Hall–Kier alpha value is -3.37.